The standard InChI is InChI=1S/C14H11F5N4O/c15-7-3-8(16)5-9(4-7)20-13(24)23-2-1-11-10(6-23)12(22-21-11)14(17,18)19/h3-5H,1-2,6H2,(H,20,24)(H,21,22). The average molecular weight is 346 g/mol. The van der Waals surface area contributed by atoms with Crippen molar-refractivity contribution in [3.05, 3.63) is 46.8 Å². The molecule has 0 unspecified atom stereocenters. The van der Waals surface area contributed by atoms with E-state index in [0.717, 1.165) is 17.0 Å². The molecule has 1 aliphatic heterocycles. The molecule has 1 aliphatic rings. The number of nitrogens with one attached hydrogen (secondary N) is 2. The molecule has 2 N–H and O–H groups in total. The lowest BCUT2D eigenvalue weighted by atomic mass is 10.1. The van der Waals surface area contributed by atoms with Crippen LogP contribution in [0.4, 0.5) is 32.4 Å². The van der Waals surface area contributed by atoms with Gasteiger partial charge in [-0.1, -0.05) is 0 Å². The molecule has 2 aromatic rings. The first-order valence-electron chi connectivity index (χ1n) is 6.89. The molecule has 0 atom stereocenters. The number of fused-ring (bicyclic) bond motifs is 1. The second-order valence-corrected chi connectivity index (χ2v) is 5.29. The first-order valence-corrected chi connectivity index (χ1v) is 6.89. The van der Waals surface area contributed by atoms with E-state index in [9.17, 15) is 26.7 Å². The van der Waals surface area contributed by atoms with Gasteiger partial charge in [0, 0.05) is 36.0 Å². The summed E-state index contributed by atoms with van der Waals surface area (Å²) in [7, 11) is 0. The number of carbonyl (C=O) groups excluding carboxylic acids is 1. The van der Waals surface area contributed by atoms with Gasteiger partial charge in [0.2, 0.25) is 0 Å². The Labute approximate surface area is 132 Å². The van der Waals surface area contributed by atoms with Gasteiger partial charge in [-0.05, 0) is 12.1 Å². The third kappa shape index (κ3) is 3.17. The molecular weight excluding hydrogens is 335 g/mol. The monoisotopic (exact) mass is 346 g/mol. The molecule has 1 aromatic carbocycles. The number of alkyl halides is 3. The first-order chi connectivity index (χ1) is 11.2. The van der Waals surface area contributed by atoms with Crippen LogP contribution < -0.4 is 5.32 Å². The predicted molar refractivity (Wildman–Crippen MR) is 73.1 cm³/mol. The largest absolute Gasteiger partial charge is 0.435 e. The maximum absolute atomic E-state index is 13.1. The molecule has 0 fully saturated rings. The highest BCUT2D eigenvalue weighted by Crippen LogP contribution is 2.34. The molecule has 2 heterocycles. The fraction of sp³-hybridized carbons (Fsp3) is 0.286. The molecule has 5 nitrogen and oxygen atoms in total. The minimum absolute atomic E-state index is 0.102. The highest BCUT2D eigenvalue weighted by molar-refractivity contribution is 5.89. The molecule has 3 rings (SSSR count). The Morgan fingerprint density at radius 2 is 1.88 bits per heavy atom. The molecule has 0 bridgehead atoms. The number of urea groups is 1. The van der Waals surface area contributed by atoms with Crippen molar-refractivity contribution in [1.29, 1.82) is 0 Å². The second kappa shape index (κ2) is 5.77. The minimum atomic E-state index is -4.63. The summed E-state index contributed by atoms with van der Waals surface area (Å²) >= 11 is 0. The van der Waals surface area contributed by atoms with Gasteiger partial charge in [-0.25, -0.2) is 13.6 Å². The SMILES string of the molecule is O=C(Nc1cc(F)cc(F)c1)N1CCc2[nH]nc(C(F)(F)F)c2C1. The molecule has 1 aromatic heterocycles. The molecule has 24 heavy (non-hydrogen) atoms. The van der Waals surface area contributed by atoms with Crippen molar-refractivity contribution in [2.75, 3.05) is 11.9 Å². The van der Waals surface area contributed by atoms with Gasteiger partial charge in [0.05, 0.1) is 6.54 Å². The highest BCUT2D eigenvalue weighted by atomic mass is 19.4. The van der Waals surface area contributed by atoms with Crippen LogP contribution in [0, 0.1) is 11.6 Å². The zero-order chi connectivity index (χ0) is 17.5. The van der Waals surface area contributed by atoms with E-state index in [2.05, 4.69) is 15.5 Å². The van der Waals surface area contributed by atoms with Crippen LogP contribution in [0.15, 0.2) is 18.2 Å². The Bertz CT molecular complexity index is 766. The van der Waals surface area contributed by atoms with Crippen LogP contribution in [0.1, 0.15) is 17.0 Å². The average Bonchev–Trinajstić information content (AvgIpc) is 2.88. The summed E-state index contributed by atoms with van der Waals surface area (Å²) in [6.07, 6.45) is -4.46. The van der Waals surface area contributed by atoms with Crippen LogP contribution >= 0.6 is 0 Å². The van der Waals surface area contributed by atoms with Gasteiger partial charge < -0.3 is 10.2 Å². The summed E-state index contributed by atoms with van der Waals surface area (Å²) in [5, 5.41) is 7.86. The van der Waals surface area contributed by atoms with Crippen molar-refractivity contribution in [3.63, 3.8) is 0 Å². The van der Waals surface area contributed by atoms with Gasteiger partial charge >= 0.3 is 12.2 Å². The van der Waals surface area contributed by atoms with Gasteiger partial charge in [-0.15, -0.1) is 0 Å². The molecule has 0 spiro atoms. The summed E-state index contributed by atoms with van der Waals surface area (Å²) in [4.78, 5) is 13.3. The van der Waals surface area contributed by atoms with Gasteiger partial charge in [-0.2, -0.15) is 18.3 Å². The van der Waals surface area contributed by atoms with Crippen LogP contribution in [0.3, 0.4) is 0 Å². The summed E-state index contributed by atoms with van der Waals surface area (Å²) in [5.41, 5.74) is -0.962. The first kappa shape index (κ1) is 16.2. The molecule has 0 aliphatic carbocycles. The topological polar surface area (TPSA) is 61.0 Å². The number of carbonyl (C=O) groups is 1. The zero-order valence-corrected chi connectivity index (χ0v) is 12.0. The number of nitrogens with zero attached hydrogens (tertiary/aromatic N) is 2. The van der Waals surface area contributed by atoms with Crippen molar-refractivity contribution in [2.24, 2.45) is 0 Å². The smallest absolute Gasteiger partial charge is 0.320 e. The molecule has 0 radical (unpaired) electrons. The molecule has 2 amide bonds. The maximum Gasteiger partial charge on any atom is 0.435 e. The number of amides is 2. The molecule has 0 saturated heterocycles. The molecule has 0 saturated carbocycles. The number of benzene rings is 1. The van der Waals surface area contributed by atoms with E-state index in [1.165, 1.54) is 0 Å². The number of H-pyrrole nitrogens is 1. The summed E-state index contributed by atoms with van der Waals surface area (Å²) in [6, 6.07) is 1.72. The van der Waals surface area contributed by atoms with Crippen LogP contribution in [0.25, 0.3) is 0 Å². The quantitative estimate of drug-likeness (QED) is 0.779. The minimum Gasteiger partial charge on any atom is -0.320 e. The van der Waals surface area contributed by atoms with Crippen LogP contribution in [-0.2, 0) is 19.1 Å². The Kier molecular flexibility index (Phi) is 3.90. The van der Waals surface area contributed by atoms with Gasteiger partial charge in [-0.3, -0.25) is 5.10 Å². The normalized spacial score (nSPS) is 14.5. The summed E-state index contributed by atoms with van der Waals surface area (Å²) < 4.78 is 64.9. The van der Waals surface area contributed by atoms with E-state index in [0.29, 0.717) is 11.8 Å². The van der Waals surface area contributed by atoms with E-state index in [4.69, 9.17) is 0 Å². The molecular formula is C14H11F5N4O. The lowest BCUT2D eigenvalue weighted by molar-refractivity contribution is -0.142. The Morgan fingerprint density at radius 3 is 2.50 bits per heavy atom. The van der Waals surface area contributed by atoms with Crippen molar-refractivity contribution in [3.8, 4) is 0 Å². The van der Waals surface area contributed by atoms with Crippen LogP contribution in [-0.4, -0.2) is 27.7 Å². The Hall–Kier alpha value is -2.65. The third-order valence-corrected chi connectivity index (χ3v) is 3.60. The van der Waals surface area contributed by atoms with Gasteiger partial charge in [0.25, 0.3) is 0 Å². The maximum atomic E-state index is 13.1. The van der Waals surface area contributed by atoms with Crippen molar-refractivity contribution >= 4 is 11.7 Å². The van der Waals surface area contributed by atoms with E-state index < -0.39 is 29.5 Å². The van der Waals surface area contributed by atoms with Crippen molar-refractivity contribution < 1.29 is 26.7 Å². The second-order valence-electron chi connectivity index (χ2n) is 5.29. The molecule has 128 valence electrons. The lowest BCUT2D eigenvalue weighted by Gasteiger charge is -2.27. The third-order valence-electron chi connectivity index (χ3n) is 3.60. The number of anilines is 1. The van der Waals surface area contributed by atoms with Crippen LogP contribution in [0.5, 0.6) is 0 Å². The van der Waals surface area contributed by atoms with E-state index >= 15 is 0 Å². The van der Waals surface area contributed by atoms with Gasteiger partial charge in [0.1, 0.15) is 11.6 Å². The highest BCUT2D eigenvalue weighted by Gasteiger charge is 2.39. The van der Waals surface area contributed by atoms with Gasteiger partial charge in [0.15, 0.2) is 5.69 Å². The zero-order valence-electron chi connectivity index (χ0n) is 12.0. The fourth-order valence-electron chi connectivity index (χ4n) is 2.53. The van der Waals surface area contributed by atoms with E-state index in [1.54, 1.807) is 0 Å². The predicted octanol–water partition coefficient (Wildman–Crippen LogP) is 3.30. The number of aromatic amines is 1. The summed E-state index contributed by atoms with van der Waals surface area (Å²) in [5.74, 6) is -1.75. The summed E-state index contributed by atoms with van der Waals surface area (Å²) in [6.45, 7) is -0.152. The number of hydrogen-bond acceptors (Lipinski definition) is 2. The lowest BCUT2D eigenvalue weighted by Crippen LogP contribution is -2.39. The number of halogens is 5. The van der Waals surface area contributed by atoms with E-state index in [1.807, 2.05) is 0 Å². The number of hydrogen-bond donors (Lipinski definition) is 2. The Balaban J connectivity index is 1.77. The number of aromatic nitrogens is 2. The molecule has 10 heteroatoms. The number of rotatable bonds is 1. The van der Waals surface area contributed by atoms with Crippen molar-refractivity contribution in [1.82, 2.24) is 15.1 Å². The van der Waals surface area contributed by atoms with Crippen molar-refractivity contribution in [2.45, 2.75) is 19.1 Å². The van der Waals surface area contributed by atoms with Crippen LogP contribution in [0.2, 0.25) is 0 Å². The Morgan fingerprint density at radius 1 is 1.21 bits per heavy atom. The fourth-order valence-corrected chi connectivity index (χ4v) is 2.53. The van der Waals surface area contributed by atoms with E-state index in [-0.39, 0.29) is 30.8 Å².